The minimum absolute atomic E-state index is 0.140. The van der Waals surface area contributed by atoms with Crippen molar-refractivity contribution < 1.29 is 4.79 Å². The molecular weight excluding hydrogens is 250 g/mol. The fourth-order valence-corrected chi connectivity index (χ4v) is 2.14. The zero-order valence-corrected chi connectivity index (χ0v) is 11.1. The van der Waals surface area contributed by atoms with E-state index in [2.05, 4.69) is 15.3 Å². The van der Waals surface area contributed by atoms with Gasteiger partial charge in [0.1, 0.15) is 4.88 Å². The molecule has 0 spiro atoms. The van der Waals surface area contributed by atoms with Crippen molar-refractivity contribution in [2.45, 2.75) is 20.4 Å². The van der Waals surface area contributed by atoms with E-state index in [1.54, 1.807) is 6.33 Å². The number of nitrogen functional groups attached to an aromatic ring is 1. The molecule has 0 bridgehead atoms. The Labute approximate surface area is 109 Å². The lowest BCUT2D eigenvalue weighted by Crippen LogP contribution is -2.26. The molecular formula is C11H15N5OS. The number of carbonyl (C=O) groups excluding carboxylic acids is 1. The Balaban J connectivity index is 1.86. The summed E-state index contributed by atoms with van der Waals surface area (Å²) in [5.74, 6) is -0.140. The standard InChI is InChI=1S/C11H15N5OS/c1-7-8(2)16(6-15-7)4-3-13-10(17)9-5-14-11(12)18-9/h5-6H,3-4H2,1-2H3,(H2,12,14)(H,13,17). The number of nitrogens with one attached hydrogen (secondary N) is 1. The zero-order valence-electron chi connectivity index (χ0n) is 10.3. The van der Waals surface area contributed by atoms with E-state index >= 15 is 0 Å². The Morgan fingerprint density at radius 3 is 2.83 bits per heavy atom. The molecule has 2 aromatic heterocycles. The Hall–Kier alpha value is -1.89. The van der Waals surface area contributed by atoms with Crippen molar-refractivity contribution in [2.24, 2.45) is 0 Å². The quantitative estimate of drug-likeness (QED) is 0.862. The molecule has 0 atom stereocenters. The lowest BCUT2D eigenvalue weighted by molar-refractivity contribution is 0.0956. The highest BCUT2D eigenvalue weighted by molar-refractivity contribution is 7.17. The van der Waals surface area contributed by atoms with Gasteiger partial charge in [0.2, 0.25) is 0 Å². The lowest BCUT2D eigenvalue weighted by Gasteiger charge is -2.06. The number of amides is 1. The molecule has 0 aliphatic carbocycles. The average Bonchev–Trinajstić information content (AvgIpc) is 2.90. The molecule has 2 heterocycles. The van der Waals surface area contributed by atoms with Gasteiger partial charge in [-0.3, -0.25) is 4.79 Å². The fraction of sp³-hybridized carbons (Fsp3) is 0.364. The van der Waals surface area contributed by atoms with E-state index in [1.165, 1.54) is 17.5 Å². The van der Waals surface area contributed by atoms with Crippen LogP contribution in [0.25, 0.3) is 0 Å². The van der Waals surface area contributed by atoms with E-state index in [-0.39, 0.29) is 5.91 Å². The van der Waals surface area contributed by atoms with Gasteiger partial charge in [-0.2, -0.15) is 0 Å². The number of nitrogens with zero attached hydrogens (tertiary/aromatic N) is 3. The van der Waals surface area contributed by atoms with Crippen LogP contribution >= 0.6 is 11.3 Å². The smallest absolute Gasteiger partial charge is 0.263 e. The van der Waals surface area contributed by atoms with Gasteiger partial charge in [-0.1, -0.05) is 11.3 Å². The highest BCUT2D eigenvalue weighted by Crippen LogP contribution is 2.13. The summed E-state index contributed by atoms with van der Waals surface area (Å²) in [6.45, 7) is 5.22. The van der Waals surface area contributed by atoms with E-state index in [1.807, 2.05) is 18.4 Å². The molecule has 0 aliphatic rings. The summed E-state index contributed by atoms with van der Waals surface area (Å²) in [5.41, 5.74) is 7.60. The molecule has 0 saturated carbocycles. The van der Waals surface area contributed by atoms with Gasteiger partial charge in [0.25, 0.3) is 5.91 Å². The van der Waals surface area contributed by atoms with Gasteiger partial charge >= 0.3 is 0 Å². The second-order valence-corrected chi connectivity index (χ2v) is 4.99. The van der Waals surface area contributed by atoms with Crippen LogP contribution in [0.5, 0.6) is 0 Å². The molecule has 96 valence electrons. The molecule has 0 unspecified atom stereocenters. The topological polar surface area (TPSA) is 85.8 Å². The minimum Gasteiger partial charge on any atom is -0.375 e. The highest BCUT2D eigenvalue weighted by Gasteiger charge is 2.09. The van der Waals surface area contributed by atoms with E-state index in [0.29, 0.717) is 23.1 Å². The Morgan fingerprint density at radius 1 is 1.50 bits per heavy atom. The summed E-state index contributed by atoms with van der Waals surface area (Å²) in [7, 11) is 0. The van der Waals surface area contributed by atoms with Gasteiger partial charge in [-0.25, -0.2) is 9.97 Å². The van der Waals surface area contributed by atoms with Crippen molar-refractivity contribution in [1.29, 1.82) is 0 Å². The van der Waals surface area contributed by atoms with Crippen LogP contribution in [-0.4, -0.2) is 27.0 Å². The van der Waals surface area contributed by atoms with Gasteiger partial charge < -0.3 is 15.6 Å². The van der Waals surface area contributed by atoms with Crippen LogP contribution in [0, 0.1) is 13.8 Å². The molecule has 7 heteroatoms. The normalized spacial score (nSPS) is 10.6. The first-order valence-electron chi connectivity index (χ1n) is 5.55. The van der Waals surface area contributed by atoms with Crippen LogP contribution in [0.1, 0.15) is 21.1 Å². The third kappa shape index (κ3) is 2.67. The van der Waals surface area contributed by atoms with Crippen molar-refractivity contribution in [2.75, 3.05) is 12.3 Å². The molecule has 0 saturated heterocycles. The van der Waals surface area contributed by atoms with Crippen LogP contribution in [0.4, 0.5) is 5.13 Å². The Kier molecular flexibility index (Phi) is 3.61. The zero-order chi connectivity index (χ0) is 13.1. The molecule has 6 nitrogen and oxygen atoms in total. The van der Waals surface area contributed by atoms with Crippen molar-refractivity contribution in [1.82, 2.24) is 19.9 Å². The van der Waals surface area contributed by atoms with Gasteiger partial charge in [-0.15, -0.1) is 0 Å². The third-order valence-corrected chi connectivity index (χ3v) is 3.56. The second kappa shape index (κ2) is 5.18. The van der Waals surface area contributed by atoms with E-state index in [4.69, 9.17) is 5.73 Å². The van der Waals surface area contributed by atoms with Crippen LogP contribution in [0.15, 0.2) is 12.5 Å². The summed E-state index contributed by atoms with van der Waals surface area (Å²) in [6.07, 6.45) is 3.27. The van der Waals surface area contributed by atoms with Crippen molar-refractivity contribution in [3.8, 4) is 0 Å². The maximum atomic E-state index is 11.7. The number of hydrogen-bond donors (Lipinski definition) is 2. The minimum atomic E-state index is -0.140. The van der Waals surface area contributed by atoms with Gasteiger partial charge in [-0.05, 0) is 13.8 Å². The molecule has 0 radical (unpaired) electrons. The molecule has 0 aromatic carbocycles. The molecule has 18 heavy (non-hydrogen) atoms. The summed E-state index contributed by atoms with van der Waals surface area (Å²) >= 11 is 1.18. The molecule has 0 aliphatic heterocycles. The molecule has 1 amide bonds. The van der Waals surface area contributed by atoms with Gasteiger partial charge in [0.05, 0.1) is 18.2 Å². The van der Waals surface area contributed by atoms with E-state index in [0.717, 1.165) is 11.4 Å². The lowest BCUT2D eigenvalue weighted by atomic mass is 10.4. The number of thiazole rings is 1. The summed E-state index contributed by atoms with van der Waals surface area (Å²) in [6, 6.07) is 0. The molecule has 3 N–H and O–H groups in total. The first-order valence-corrected chi connectivity index (χ1v) is 6.37. The van der Waals surface area contributed by atoms with Crippen molar-refractivity contribution >= 4 is 22.4 Å². The average molecular weight is 265 g/mol. The van der Waals surface area contributed by atoms with Crippen LogP contribution in [0.2, 0.25) is 0 Å². The Bertz CT molecular complexity index is 560. The van der Waals surface area contributed by atoms with Crippen molar-refractivity contribution in [3.63, 3.8) is 0 Å². The Morgan fingerprint density at radius 2 is 2.28 bits per heavy atom. The largest absolute Gasteiger partial charge is 0.375 e. The first-order chi connectivity index (χ1) is 8.58. The van der Waals surface area contributed by atoms with Gasteiger partial charge in [0.15, 0.2) is 5.13 Å². The number of aryl methyl sites for hydroxylation is 1. The number of aromatic nitrogens is 3. The van der Waals surface area contributed by atoms with E-state index < -0.39 is 0 Å². The maximum Gasteiger partial charge on any atom is 0.263 e. The predicted molar refractivity (Wildman–Crippen MR) is 70.6 cm³/mol. The molecule has 2 rings (SSSR count). The summed E-state index contributed by atoms with van der Waals surface area (Å²) < 4.78 is 2.01. The molecule has 0 fully saturated rings. The highest BCUT2D eigenvalue weighted by atomic mass is 32.1. The number of rotatable bonds is 4. The van der Waals surface area contributed by atoms with Crippen LogP contribution < -0.4 is 11.1 Å². The SMILES string of the molecule is Cc1ncn(CCNC(=O)c2cnc(N)s2)c1C. The maximum absolute atomic E-state index is 11.7. The molecule has 2 aromatic rings. The fourth-order valence-electron chi connectivity index (χ4n) is 1.54. The predicted octanol–water partition coefficient (Wildman–Crippen LogP) is 0.969. The number of nitrogens with two attached hydrogens (primary N) is 1. The number of anilines is 1. The van der Waals surface area contributed by atoms with E-state index in [9.17, 15) is 4.79 Å². The monoisotopic (exact) mass is 265 g/mol. The number of hydrogen-bond acceptors (Lipinski definition) is 5. The number of imidazole rings is 1. The van der Waals surface area contributed by atoms with Crippen LogP contribution in [0.3, 0.4) is 0 Å². The number of carbonyl (C=O) groups is 1. The van der Waals surface area contributed by atoms with Crippen LogP contribution in [-0.2, 0) is 6.54 Å². The summed E-state index contributed by atoms with van der Waals surface area (Å²) in [5, 5.41) is 3.23. The first kappa shape index (κ1) is 12.6. The second-order valence-electron chi connectivity index (χ2n) is 3.93. The third-order valence-electron chi connectivity index (χ3n) is 2.73. The van der Waals surface area contributed by atoms with Gasteiger partial charge in [0, 0.05) is 18.8 Å². The van der Waals surface area contributed by atoms with Crippen molar-refractivity contribution in [3.05, 3.63) is 28.8 Å². The summed E-state index contributed by atoms with van der Waals surface area (Å²) in [4.78, 5) is 20.3.